The fourth-order valence-corrected chi connectivity index (χ4v) is 2.47. The van der Waals surface area contributed by atoms with Crippen LogP contribution in [0, 0.1) is 6.92 Å². The summed E-state index contributed by atoms with van der Waals surface area (Å²) in [6.45, 7) is 3.80. The van der Waals surface area contributed by atoms with E-state index < -0.39 is 0 Å². The van der Waals surface area contributed by atoms with Crippen LogP contribution in [0.15, 0.2) is 23.8 Å². The quantitative estimate of drug-likeness (QED) is 0.828. The molecule has 1 aromatic carbocycles. The molecule has 0 bridgehead atoms. The number of nitrogens with one attached hydrogen (secondary N) is 1. The van der Waals surface area contributed by atoms with Crippen molar-refractivity contribution in [2.75, 3.05) is 7.05 Å². The zero-order chi connectivity index (χ0) is 12.4. The molecular formula is C13H14N2OS. The van der Waals surface area contributed by atoms with E-state index in [-0.39, 0.29) is 5.91 Å². The summed E-state index contributed by atoms with van der Waals surface area (Å²) in [5.41, 5.74) is 2.69. The minimum absolute atomic E-state index is 0.0560. The Balaban J connectivity index is 2.39. The SMILES string of the molecule is CNC(=O)/C(C)=C/c1ccc2sc(C)nc2c1. The number of aryl methyl sites for hydroxylation is 1. The summed E-state index contributed by atoms with van der Waals surface area (Å²) in [5, 5.41) is 3.66. The van der Waals surface area contributed by atoms with E-state index in [0.29, 0.717) is 5.57 Å². The van der Waals surface area contributed by atoms with Crippen LogP contribution < -0.4 is 5.32 Å². The second-order valence-electron chi connectivity index (χ2n) is 3.87. The highest BCUT2D eigenvalue weighted by atomic mass is 32.1. The number of hydrogen-bond donors (Lipinski definition) is 1. The van der Waals surface area contributed by atoms with E-state index in [1.165, 1.54) is 4.70 Å². The molecule has 0 spiro atoms. The maximum Gasteiger partial charge on any atom is 0.246 e. The van der Waals surface area contributed by atoms with Crippen LogP contribution in [0.5, 0.6) is 0 Å². The van der Waals surface area contributed by atoms with Gasteiger partial charge in [0, 0.05) is 12.6 Å². The Labute approximate surface area is 104 Å². The average Bonchev–Trinajstić information content (AvgIpc) is 2.67. The molecule has 4 heteroatoms. The van der Waals surface area contributed by atoms with Crippen LogP contribution in [0.25, 0.3) is 16.3 Å². The smallest absolute Gasteiger partial charge is 0.246 e. The van der Waals surface area contributed by atoms with E-state index in [2.05, 4.69) is 10.3 Å². The molecule has 0 aliphatic carbocycles. The molecule has 1 N–H and O–H groups in total. The first-order valence-corrected chi connectivity index (χ1v) is 6.19. The number of carbonyl (C=O) groups excluding carboxylic acids is 1. The van der Waals surface area contributed by atoms with Crippen LogP contribution in [-0.2, 0) is 4.79 Å². The van der Waals surface area contributed by atoms with E-state index >= 15 is 0 Å². The lowest BCUT2D eigenvalue weighted by atomic mass is 10.1. The molecule has 3 nitrogen and oxygen atoms in total. The van der Waals surface area contributed by atoms with Crippen LogP contribution in [0.4, 0.5) is 0 Å². The molecule has 0 aliphatic rings. The summed E-state index contributed by atoms with van der Waals surface area (Å²) in [6.07, 6.45) is 1.87. The molecule has 2 rings (SSSR count). The molecule has 17 heavy (non-hydrogen) atoms. The number of carbonyl (C=O) groups is 1. The fourth-order valence-electron chi connectivity index (χ4n) is 1.66. The molecule has 0 saturated heterocycles. The van der Waals surface area contributed by atoms with Gasteiger partial charge in [0.25, 0.3) is 0 Å². The van der Waals surface area contributed by atoms with Crippen LogP contribution in [0.3, 0.4) is 0 Å². The molecule has 0 atom stereocenters. The summed E-state index contributed by atoms with van der Waals surface area (Å²) in [7, 11) is 1.63. The highest BCUT2D eigenvalue weighted by Crippen LogP contribution is 2.23. The number of amides is 1. The van der Waals surface area contributed by atoms with Gasteiger partial charge in [-0.1, -0.05) is 6.07 Å². The number of hydrogen-bond acceptors (Lipinski definition) is 3. The van der Waals surface area contributed by atoms with Crippen molar-refractivity contribution < 1.29 is 4.79 Å². The van der Waals surface area contributed by atoms with Crippen LogP contribution in [0.1, 0.15) is 17.5 Å². The topological polar surface area (TPSA) is 42.0 Å². The first-order valence-electron chi connectivity index (χ1n) is 5.37. The van der Waals surface area contributed by atoms with Gasteiger partial charge in [-0.25, -0.2) is 4.98 Å². The van der Waals surface area contributed by atoms with E-state index in [4.69, 9.17) is 0 Å². The number of thiazole rings is 1. The lowest BCUT2D eigenvalue weighted by Crippen LogP contribution is -2.18. The average molecular weight is 246 g/mol. The molecule has 1 amide bonds. The second-order valence-corrected chi connectivity index (χ2v) is 5.10. The molecule has 88 valence electrons. The maximum absolute atomic E-state index is 11.4. The Morgan fingerprint density at radius 3 is 2.94 bits per heavy atom. The molecule has 0 aliphatic heterocycles. The molecule has 1 heterocycles. The molecular weight excluding hydrogens is 232 g/mol. The Hall–Kier alpha value is -1.68. The van der Waals surface area contributed by atoms with Crippen molar-refractivity contribution in [2.24, 2.45) is 0 Å². The van der Waals surface area contributed by atoms with Crippen molar-refractivity contribution in [3.63, 3.8) is 0 Å². The third kappa shape index (κ3) is 2.53. The lowest BCUT2D eigenvalue weighted by molar-refractivity contribution is -0.116. The predicted octanol–water partition coefficient (Wildman–Crippen LogP) is 2.75. The van der Waals surface area contributed by atoms with Crippen molar-refractivity contribution >= 4 is 33.5 Å². The Kier molecular flexibility index (Phi) is 3.24. The zero-order valence-electron chi connectivity index (χ0n) is 10.1. The number of likely N-dealkylation sites (N-methyl/N-ethyl adjacent to an activating group) is 1. The van der Waals surface area contributed by atoms with Gasteiger partial charge < -0.3 is 5.32 Å². The molecule has 0 fully saturated rings. The van der Waals surface area contributed by atoms with Gasteiger partial charge in [-0.3, -0.25) is 4.79 Å². The molecule has 2 aromatic rings. The monoisotopic (exact) mass is 246 g/mol. The summed E-state index contributed by atoms with van der Waals surface area (Å²) in [4.78, 5) is 15.8. The van der Waals surface area contributed by atoms with Gasteiger partial charge in [0.1, 0.15) is 0 Å². The summed E-state index contributed by atoms with van der Waals surface area (Å²) in [5.74, 6) is -0.0560. The number of benzene rings is 1. The fraction of sp³-hybridized carbons (Fsp3) is 0.231. The normalized spacial score (nSPS) is 11.8. The van der Waals surface area contributed by atoms with Gasteiger partial charge in [-0.2, -0.15) is 0 Å². The minimum Gasteiger partial charge on any atom is -0.355 e. The van der Waals surface area contributed by atoms with Gasteiger partial charge in [-0.05, 0) is 37.6 Å². The van der Waals surface area contributed by atoms with Gasteiger partial charge in [0.15, 0.2) is 0 Å². The van der Waals surface area contributed by atoms with Gasteiger partial charge in [0.2, 0.25) is 5.91 Å². The van der Waals surface area contributed by atoms with E-state index in [0.717, 1.165) is 16.1 Å². The summed E-state index contributed by atoms with van der Waals surface area (Å²) < 4.78 is 1.18. The third-order valence-corrected chi connectivity index (χ3v) is 3.44. The van der Waals surface area contributed by atoms with Crippen molar-refractivity contribution in [2.45, 2.75) is 13.8 Å². The van der Waals surface area contributed by atoms with Crippen LogP contribution in [0.2, 0.25) is 0 Å². The number of rotatable bonds is 2. The van der Waals surface area contributed by atoms with Crippen molar-refractivity contribution in [1.82, 2.24) is 10.3 Å². The van der Waals surface area contributed by atoms with Crippen LogP contribution >= 0.6 is 11.3 Å². The molecule has 0 unspecified atom stereocenters. The third-order valence-electron chi connectivity index (χ3n) is 2.49. The van der Waals surface area contributed by atoms with Gasteiger partial charge >= 0.3 is 0 Å². The Bertz CT molecular complexity index is 598. The molecule has 0 radical (unpaired) electrons. The molecule has 0 saturated carbocycles. The highest BCUT2D eigenvalue weighted by Gasteiger charge is 2.03. The van der Waals surface area contributed by atoms with E-state index in [9.17, 15) is 4.79 Å². The van der Waals surface area contributed by atoms with Crippen molar-refractivity contribution in [1.29, 1.82) is 0 Å². The van der Waals surface area contributed by atoms with Crippen LogP contribution in [-0.4, -0.2) is 17.9 Å². The first kappa shape index (κ1) is 11.8. The Morgan fingerprint density at radius 2 is 2.24 bits per heavy atom. The standard InChI is InChI=1S/C13H14N2OS/c1-8(13(16)14-3)6-10-4-5-12-11(7-10)15-9(2)17-12/h4-7H,1-3H3,(H,14,16)/b8-6+. The number of fused-ring (bicyclic) bond motifs is 1. The molecule has 1 aromatic heterocycles. The van der Waals surface area contributed by atoms with E-state index in [1.807, 2.05) is 31.2 Å². The highest BCUT2D eigenvalue weighted by molar-refractivity contribution is 7.18. The minimum atomic E-state index is -0.0560. The Morgan fingerprint density at radius 1 is 1.47 bits per heavy atom. The number of aromatic nitrogens is 1. The zero-order valence-corrected chi connectivity index (χ0v) is 10.9. The first-order chi connectivity index (χ1) is 8.10. The van der Waals surface area contributed by atoms with E-state index in [1.54, 1.807) is 25.3 Å². The predicted molar refractivity (Wildman–Crippen MR) is 72.1 cm³/mol. The lowest BCUT2D eigenvalue weighted by Gasteiger charge is -1.99. The maximum atomic E-state index is 11.4. The number of nitrogens with zero attached hydrogens (tertiary/aromatic N) is 1. The summed E-state index contributed by atoms with van der Waals surface area (Å²) >= 11 is 1.68. The van der Waals surface area contributed by atoms with Crippen molar-refractivity contribution in [3.05, 3.63) is 34.3 Å². The van der Waals surface area contributed by atoms with Gasteiger partial charge in [-0.15, -0.1) is 11.3 Å². The van der Waals surface area contributed by atoms with Crippen molar-refractivity contribution in [3.8, 4) is 0 Å². The second kappa shape index (κ2) is 4.67. The largest absolute Gasteiger partial charge is 0.355 e. The van der Waals surface area contributed by atoms with Gasteiger partial charge in [0.05, 0.1) is 15.2 Å². The summed E-state index contributed by atoms with van der Waals surface area (Å²) in [6, 6.07) is 6.06.